The number of hydrogen-bond acceptors (Lipinski definition) is 6. The van der Waals surface area contributed by atoms with Crippen LogP contribution in [0.5, 0.6) is 0 Å². The van der Waals surface area contributed by atoms with Crippen LogP contribution in [-0.2, 0) is 35.1 Å². The van der Waals surface area contributed by atoms with Crippen LogP contribution in [0.25, 0.3) is 0 Å². The molecule has 0 fully saturated rings. The monoisotopic (exact) mass is 378 g/mol. The molecule has 1 aromatic carbocycles. The number of benzene rings is 1. The van der Waals surface area contributed by atoms with Gasteiger partial charge in [0.05, 0.1) is 25.6 Å². The first kappa shape index (κ1) is 22.1. The van der Waals surface area contributed by atoms with Crippen LogP contribution in [0.1, 0.15) is 32.3 Å². The summed E-state index contributed by atoms with van der Waals surface area (Å²) in [6, 6.07) is 7.97. The van der Waals surface area contributed by atoms with Gasteiger partial charge in [0.1, 0.15) is 6.04 Å². The molecule has 0 saturated heterocycles. The lowest BCUT2D eigenvalue weighted by atomic mass is 9.95. The fourth-order valence-electron chi connectivity index (χ4n) is 2.50. The van der Waals surface area contributed by atoms with Crippen LogP contribution >= 0.6 is 0 Å². The third kappa shape index (κ3) is 7.89. The van der Waals surface area contributed by atoms with Crippen molar-refractivity contribution in [1.82, 2.24) is 5.32 Å². The van der Waals surface area contributed by atoms with Gasteiger partial charge in [-0.3, -0.25) is 19.2 Å². The van der Waals surface area contributed by atoms with E-state index in [1.54, 1.807) is 13.8 Å². The van der Waals surface area contributed by atoms with Gasteiger partial charge in [0.15, 0.2) is 0 Å². The number of nitrogens with two attached hydrogens (primary N) is 1. The number of rotatable bonds is 11. The molecule has 0 saturated carbocycles. The van der Waals surface area contributed by atoms with Crippen LogP contribution in [0.3, 0.4) is 0 Å². The van der Waals surface area contributed by atoms with Crippen molar-refractivity contribution < 1.29 is 28.7 Å². The zero-order chi connectivity index (χ0) is 20.2. The van der Waals surface area contributed by atoms with Crippen molar-refractivity contribution in [2.24, 2.45) is 11.7 Å². The van der Waals surface area contributed by atoms with Crippen LogP contribution in [0, 0.1) is 5.92 Å². The molecule has 0 spiro atoms. The van der Waals surface area contributed by atoms with Gasteiger partial charge in [-0.15, -0.1) is 0 Å². The largest absolute Gasteiger partial charge is 0.466 e. The molecule has 0 aliphatic heterocycles. The van der Waals surface area contributed by atoms with Gasteiger partial charge >= 0.3 is 11.9 Å². The average Bonchev–Trinajstić information content (AvgIpc) is 2.64. The Labute approximate surface area is 158 Å². The van der Waals surface area contributed by atoms with E-state index in [1.807, 2.05) is 30.3 Å². The minimum atomic E-state index is -1.36. The maximum atomic E-state index is 12.2. The molecule has 148 valence electrons. The number of carbonyl (C=O) groups is 4. The molecule has 0 radical (unpaired) electrons. The second-order valence-corrected chi connectivity index (χ2v) is 5.80. The molecule has 8 heteroatoms. The fraction of sp³-hybridized carbons (Fsp3) is 0.474. The standard InChI is InChI=1S/C19H26N2O6/c1-3-26-16(23)12-14(19(25)27-4-2)17(18(20)24)21-15(22)11-10-13-8-6-5-7-9-13/h5-9,14,17H,3-4,10-12H2,1-2H3,(H2,20,24)(H,21,22)/t14-,17-/m0/s1. The summed E-state index contributed by atoms with van der Waals surface area (Å²) in [6.45, 7) is 3.40. The molecule has 1 aromatic rings. The minimum absolute atomic E-state index is 0.0611. The van der Waals surface area contributed by atoms with Gasteiger partial charge in [0.25, 0.3) is 0 Å². The zero-order valence-electron chi connectivity index (χ0n) is 15.6. The highest BCUT2D eigenvalue weighted by Crippen LogP contribution is 2.14. The van der Waals surface area contributed by atoms with Gasteiger partial charge in [0, 0.05) is 6.42 Å². The molecule has 3 N–H and O–H groups in total. The Bertz CT molecular complexity index is 647. The van der Waals surface area contributed by atoms with Gasteiger partial charge in [-0.25, -0.2) is 0 Å². The molecule has 0 aliphatic rings. The molecule has 2 amide bonds. The number of hydrogen-bond donors (Lipinski definition) is 2. The lowest BCUT2D eigenvalue weighted by Crippen LogP contribution is -2.52. The second-order valence-electron chi connectivity index (χ2n) is 5.80. The third-order valence-electron chi connectivity index (χ3n) is 3.79. The molecule has 0 bridgehead atoms. The van der Waals surface area contributed by atoms with Gasteiger partial charge in [-0.05, 0) is 25.8 Å². The summed E-state index contributed by atoms with van der Waals surface area (Å²) in [5.74, 6) is -4.11. The van der Waals surface area contributed by atoms with Gasteiger partial charge in [0.2, 0.25) is 11.8 Å². The number of esters is 2. The van der Waals surface area contributed by atoms with E-state index in [0.717, 1.165) is 5.56 Å². The molecular formula is C19H26N2O6. The van der Waals surface area contributed by atoms with E-state index in [9.17, 15) is 19.2 Å². The van der Waals surface area contributed by atoms with Crippen LogP contribution in [0.15, 0.2) is 30.3 Å². The van der Waals surface area contributed by atoms with Crippen molar-refractivity contribution in [2.75, 3.05) is 13.2 Å². The fourth-order valence-corrected chi connectivity index (χ4v) is 2.50. The molecule has 0 unspecified atom stereocenters. The maximum absolute atomic E-state index is 12.2. The van der Waals surface area contributed by atoms with E-state index in [-0.39, 0.29) is 19.6 Å². The summed E-state index contributed by atoms with van der Waals surface area (Å²) >= 11 is 0. The van der Waals surface area contributed by atoms with Gasteiger partial charge < -0.3 is 20.5 Å². The van der Waals surface area contributed by atoms with Crippen molar-refractivity contribution in [3.8, 4) is 0 Å². The summed E-state index contributed by atoms with van der Waals surface area (Å²) < 4.78 is 9.75. The predicted molar refractivity (Wildman–Crippen MR) is 97.3 cm³/mol. The van der Waals surface area contributed by atoms with Crippen molar-refractivity contribution in [1.29, 1.82) is 0 Å². The van der Waals surface area contributed by atoms with Crippen molar-refractivity contribution in [2.45, 2.75) is 39.2 Å². The Morgan fingerprint density at radius 2 is 1.67 bits per heavy atom. The number of aryl methyl sites for hydroxylation is 1. The van der Waals surface area contributed by atoms with E-state index in [2.05, 4.69) is 5.32 Å². The molecule has 0 heterocycles. The lowest BCUT2D eigenvalue weighted by Gasteiger charge is -2.23. The molecule has 27 heavy (non-hydrogen) atoms. The van der Waals surface area contributed by atoms with E-state index in [0.29, 0.717) is 6.42 Å². The number of carbonyl (C=O) groups excluding carboxylic acids is 4. The number of ether oxygens (including phenoxy) is 2. The molecule has 1 rings (SSSR count). The Hall–Kier alpha value is -2.90. The molecule has 8 nitrogen and oxygen atoms in total. The van der Waals surface area contributed by atoms with Crippen molar-refractivity contribution in [3.63, 3.8) is 0 Å². The predicted octanol–water partition coefficient (Wildman–Crippen LogP) is 0.722. The van der Waals surface area contributed by atoms with Crippen LogP contribution in [0.2, 0.25) is 0 Å². The lowest BCUT2D eigenvalue weighted by molar-refractivity contribution is -0.157. The first-order chi connectivity index (χ1) is 12.9. The zero-order valence-corrected chi connectivity index (χ0v) is 15.6. The van der Waals surface area contributed by atoms with Crippen molar-refractivity contribution >= 4 is 23.8 Å². The third-order valence-corrected chi connectivity index (χ3v) is 3.79. The average molecular weight is 378 g/mol. The van der Waals surface area contributed by atoms with E-state index >= 15 is 0 Å². The van der Waals surface area contributed by atoms with Crippen LogP contribution in [0.4, 0.5) is 0 Å². The smallest absolute Gasteiger partial charge is 0.312 e. The molecule has 0 aliphatic carbocycles. The Balaban J connectivity index is 2.82. The quantitative estimate of drug-likeness (QED) is 0.547. The molecule has 2 atom stereocenters. The molecule has 0 aromatic heterocycles. The summed E-state index contributed by atoms with van der Waals surface area (Å²) in [7, 11) is 0. The minimum Gasteiger partial charge on any atom is -0.466 e. The highest BCUT2D eigenvalue weighted by molar-refractivity contribution is 5.93. The summed E-state index contributed by atoms with van der Waals surface area (Å²) in [6.07, 6.45) is 0.141. The number of amides is 2. The highest BCUT2D eigenvalue weighted by atomic mass is 16.5. The Kier molecular flexibility index (Phi) is 9.57. The topological polar surface area (TPSA) is 125 Å². The first-order valence-corrected chi connectivity index (χ1v) is 8.83. The molecular weight excluding hydrogens is 352 g/mol. The number of primary amides is 1. The van der Waals surface area contributed by atoms with Gasteiger partial charge in [-0.1, -0.05) is 30.3 Å². The number of nitrogens with one attached hydrogen (secondary N) is 1. The van der Waals surface area contributed by atoms with Crippen LogP contribution < -0.4 is 11.1 Å². The summed E-state index contributed by atoms with van der Waals surface area (Å²) in [5.41, 5.74) is 6.32. The summed E-state index contributed by atoms with van der Waals surface area (Å²) in [4.78, 5) is 48.1. The van der Waals surface area contributed by atoms with Gasteiger partial charge in [-0.2, -0.15) is 0 Å². The van der Waals surface area contributed by atoms with E-state index < -0.39 is 42.1 Å². The SMILES string of the molecule is CCOC(=O)C[C@H](C(=O)OCC)[C@H](NC(=O)CCc1ccccc1)C(N)=O. The van der Waals surface area contributed by atoms with Crippen molar-refractivity contribution in [3.05, 3.63) is 35.9 Å². The maximum Gasteiger partial charge on any atom is 0.312 e. The Morgan fingerprint density at radius 1 is 1.04 bits per heavy atom. The highest BCUT2D eigenvalue weighted by Gasteiger charge is 2.37. The van der Waals surface area contributed by atoms with E-state index in [4.69, 9.17) is 15.2 Å². The normalized spacial score (nSPS) is 12.5. The summed E-state index contributed by atoms with van der Waals surface area (Å²) in [5, 5.41) is 2.45. The Morgan fingerprint density at radius 3 is 2.22 bits per heavy atom. The van der Waals surface area contributed by atoms with Crippen LogP contribution in [-0.4, -0.2) is 43.0 Å². The second kappa shape index (κ2) is 11.7. The van der Waals surface area contributed by atoms with E-state index in [1.165, 1.54) is 0 Å². The first-order valence-electron chi connectivity index (χ1n) is 8.83.